The summed E-state index contributed by atoms with van der Waals surface area (Å²) in [7, 11) is 0. The van der Waals surface area contributed by atoms with Crippen LogP contribution in [0.1, 0.15) is 101 Å². The van der Waals surface area contributed by atoms with E-state index in [1.807, 2.05) is 24.4 Å². The van der Waals surface area contributed by atoms with Crippen LogP contribution in [-0.4, -0.2) is 9.55 Å². The Hall–Kier alpha value is -8.76. The summed E-state index contributed by atoms with van der Waals surface area (Å²) in [5, 5.41) is 2.17. The van der Waals surface area contributed by atoms with Gasteiger partial charge in [-0.15, -0.1) is 48.1 Å². The van der Waals surface area contributed by atoms with Crippen LogP contribution < -0.4 is 14.5 Å². The van der Waals surface area contributed by atoms with Gasteiger partial charge >= 0.3 is 0 Å². The van der Waals surface area contributed by atoms with Gasteiger partial charge in [0.1, 0.15) is 5.82 Å². The molecule has 85 heavy (non-hydrogen) atoms. The SMILES string of the molecule is CC(C)(C)c1ccc(C2(c3ccnc(-n4c5[c-]c(Oc6[c-]c(N7[CH-]N(c8c(-c9ccccc9)cc(C(C)(C)C)cc8-c8ccccc8)c8ccccc87)ccc6)ccc5c5ccccc54)c3)c3ccccc3-c3cc(C(C)(C)C)ccc32)cc1.[Pt]. The van der Waals surface area contributed by atoms with E-state index < -0.39 is 5.41 Å². The predicted molar refractivity (Wildman–Crippen MR) is 349 cm³/mol. The molecule has 6 heteroatoms. The fourth-order valence-electron chi connectivity index (χ4n) is 12.9. The number of hydrogen-bond acceptors (Lipinski definition) is 4. The average molecular weight is 1280 g/mol. The van der Waals surface area contributed by atoms with E-state index >= 15 is 0 Å². The van der Waals surface area contributed by atoms with Crippen molar-refractivity contribution in [3.63, 3.8) is 0 Å². The summed E-state index contributed by atoms with van der Waals surface area (Å²) < 4.78 is 9.15. The first-order valence-electron chi connectivity index (χ1n) is 29.3. The molecule has 3 heterocycles. The van der Waals surface area contributed by atoms with Gasteiger partial charge in [-0.05, 0) is 125 Å². The molecule has 5 nitrogen and oxygen atoms in total. The van der Waals surface area contributed by atoms with Gasteiger partial charge in [0.25, 0.3) is 0 Å². The quantitative estimate of drug-likeness (QED) is 0.135. The smallest absolute Gasteiger partial charge is 0.135 e. The van der Waals surface area contributed by atoms with Crippen molar-refractivity contribution in [3.05, 3.63) is 294 Å². The number of hydrogen-bond donors (Lipinski definition) is 0. The van der Waals surface area contributed by atoms with Crippen LogP contribution in [0.15, 0.2) is 237 Å². The number of fused-ring (bicyclic) bond motifs is 7. The Bertz CT molecular complexity index is 4440. The standard InChI is InChI=1S/C79H67N4O.Pt/c1-76(2,3)54-35-37-55(38-36-54)79(68-31-18-16-29-62(68)67-45-56(77(4,5)6)39-42-69(67)79)57-43-44-80-74(48-57)83-70-32-19-17-30-63(70)64-41-40-61(50-73(64)83)84-60-28-22-27-59(49-60)81-51-82(72-34-21-20-33-71(72)81)75-65(52-23-12-10-13-24-52)46-58(78(7,8)9)47-66(75)53-25-14-11-15-26-53;/h10-48,51H,1-9H3;/q-3;. The van der Waals surface area contributed by atoms with Crippen LogP contribution in [-0.2, 0) is 42.7 Å². The molecule has 14 rings (SSSR count). The Balaban J connectivity index is 0.00000672. The van der Waals surface area contributed by atoms with Gasteiger partial charge in [0, 0.05) is 72.5 Å². The van der Waals surface area contributed by atoms with Crippen LogP contribution in [0.5, 0.6) is 11.5 Å². The van der Waals surface area contributed by atoms with Crippen molar-refractivity contribution >= 4 is 44.6 Å². The number of ether oxygens (including phenoxy) is 1. The number of para-hydroxylation sites is 3. The van der Waals surface area contributed by atoms with Gasteiger partial charge in [-0.1, -0.05) is 226 Å². The Morgan fingerprint density at radius 3 is 1.69 bits per heavy atom. The molecule has 1 aliphatic heterocycles. The summed E-state index contributed by atoms with van der Waals surface area (Å²) in [6, 6.07) is 91.4. The summed E-state index contributed by atoms with van der Waals surface area (Å²) in [4.78, 5) is 9.82. The van der Waals surface area contributed by atoms with Crippen molar-refractivity contribution in [2.24, 2.45) is 0 Å². The van der Waals surface area contributed by atoms with Crippen molar-refractivity contribution in [3.8, 4) is 50.7 Å². The third kappa shape index (κ3) is 9.49. The summed E-state index contributed by atoms with van der Waals surface area (Å²) in [5.41, 5.74) is 21.2. The Morgan fingerprint density at radius 2 is 1.01 bits per heavy atom. The third-order valence-electron chi connectivity index (χ3n) is 17.3. The molecule has 0 fully saturated rings. The molecule has 0 bridgehead atoms. The minimum atomic E-state index is -0.635. The van der Waals surface area contributed by atoms with Crippen molar-refractivity contribution in [1.29, 1.82) is 0 Å². The van der Waals surface area contributed by atoms with Crippen molar-refractivity contribution < 1.29 is 25.8 Å². The summed E-state index contributed by atoms with van der Waals surface area (Å²) >= 11 is 0. The molecule has 422 valence electrons. The molecule has 0 spiro atoms. The van der Waals surface area contributed by atoms with Gasteiger partial charge in [0.2, 0.25) is 0 Å². The molecule has 1 unspecified atom stereocenters. The van der Waals surface area contributed by atoms with E-state index in [1.54, 1.807) is 0 Å². The fourth-order valence-corrected chi connectivity index (χ4v) is 12.9. The second kappa shape index (κ2) is 21.1. The molecule has 1 atom stereocenters. The zero-order chi connectivity index (χ0) is 57.7. The number of nitrogens with zero attached hydrogens (tertiary/aromatic N) is 4. The molecule has 0 radical (unpaired) electrons. The first-order chi connectivity index (χ1) is 40.5. The van der Waals surface area contributed by atoms with Crippen LogP contribution >= 0.6 is 0 Å². The third-order valence-corrected chi connectivity index (χ3v) is 17.3. The summed E-state index contributed by atoms with van der Waals surface area (Å²) in [5.74, 6) is 1.95. The number of pyridine rings is 1. The largest absolute Gasteiger partial charge is 0.509 e. The van der Waals surface area contributed by atoms with Crippen LogP contribution in [0.4, 0.5) is 22.7 Å². The normalized spacial score (nSPS) is 14.7. The van der Waals surface area contributed by atoms with Crippen LogP contribution in [0, 0.1) is 18.8 Å². The molecule has 0 saturated heterocycles. The van der Waals surface area contributed by atoms with E-state index in [0.717, 1.165) is 78.2 Å². The van der Waals surface area contributed by atoms with E-state index in [0.29, 0.717) is 11.5 Å². The minimum Gasteiger partial charge on any atom is -0.509 e. The topological polar surface area (TPSA) is 33.5 Å². The van der Waals surface area contributed by atoms with Gasteiger partial charge in [-0.2, -0.15) is 12.1 Å². The van der Waals surface area contributed by atoms with Gasteiger partial charge < -0.3 is 19.1 Å². The number of benzene rings is 10. The summed E-state index contributed by atoms with van der Waals surface area (Å²) in [6.07, 6.45) is 1.99. The summed E-state index contributed by atoms with van der Waals surface area (Å²) in [6.45, 7) is 22.8. The van der Waals surface area contributed by atoms with E-state index in [2.05, 4.69) is 308 Å². The van der Waals surface area contributed by atoms with Gasteiger partial charge in [-0.25, -0.2) is 4.98 Å². The number of aromatic nitrogens is 2. The molecule has 0 saturated carbocycles. The van der Waals surface area contributed by atoms with Crippen molar-refractivity contribution in [2.75, 3.05) is 9.80 Å². The molecule has 0 amide bonds. The molecule has 2 aliphatic rings. The maximum atomic E-state index is 6.90. The van der Waals surface area contributed by atoms with Crippen LogP contribution in [0.3, 0.4) is 0 Å². The van der Waals surface area contributed by atoms with E-state index in [9.17, 15) is 0 Å². The molecule has 12 aromatic rings. The van der Waals surface area contributed by atoms with E-state index in [1.165, 1.54) is 44.5 Å². The van der Waals surface area contributed by atoms with Crippen molar-refractivity contribution in [2.45, 2.75) is 84.0 Å². The van der Waals surface area contributed by atoms with Gasteiger partial charge in [0.05, 0.1) is 5.41 Å². The Morgan fingerprint density at radius 1 is 0.435 bits per heavy atom. The molecular weight excluding hydrogens is 1220 g/mol. The zero-order valence-corrected chi connectivity index (χ0v) is 51.9. The first kappa shape index (κ1) is 55.4. The molecule has 0 N–H and O–H groups in total. The Kier molecular flexibility index (Phi) is 13.7. The van der Waals surface area contributed by atoms with Gasteiger partial charge in [0.15, 0.2) is 0 Å². The van der Waals surface area contributed by atoms with E-state index in [-0.39, 0.29) is 37.3 Å². The molecule has 2 aromatic heterocycles. The van der Waals surface area contributed by atoms with Gasteiger partial charge in [-0.3, -0.25) is 0 Å². The monoisotopic (exact) mass is 1280 g/mol. The van der Waals surface area contributed by atoms with E-state index in [4.69, 9.17) is 9.72 Å². The zero-order valence-electron chi connectivity index (χ0n) is 49.6. The maximum Gasteiger partial charge on any atom is 0.135 e. The fraction of sp³-hybridized carbons (Fsp3) is 0.165. The molecule has 1 aliphatic carbocycles. The molecule has 10 aromatic carbocycles. The second-order valence-corrected chi connectivity index (χ2v) is 25.7. The maximum absolute atomic E-state index is 6.90. The predicted octanol–water partition coefficient (Wildman–Crippen LogP) is 20.6. The number of anilines is 4. The van der Waals surface area contributed by atoms with Crippen LogP contribution in [0.2, 0.25) is 0 Å². The number of rotatable bonds is 9. The average Bonchev–Trinajstić information content (AvgIpc) is 1.71. The minimum absolute atomic E-state index is 0. The second-order valence-electron chi connectivity index (χ2n) is 25.7. The Labute approximate surface area is 515 Å². The molecular formula is C79H67N4OPt-3. The first-order valence-corrected chi connectivity index (χ1v) is 29.3. The van der Waals surface area contributed by atoms with Crippen LogP contribution in [0.25, 0.3) is 61.0 Å². The van der Waals surface area contributed by atoms with Crippen molar-refractivity contribution in [1.82, 2.24) is 9.55 Å².